The molecule has 1 aromatic heterocycles. The Labute approximate surface area is 124 Å². The van der Waals surface area contributed by atoms with E-state index in [1.165, 1.54) is 6.20 Å². The molecule has 0 aliphatic rings. The highest BCUT2D eigenvalue weighted by Crippen LogP contribution is 2.14. The monoisotopic (exact) mass is 293 g/mol. The van der Waals surface area contributed by atoms with Gasteiger partial charge in [-0.15, -0.1) is 0 Å². The fourth-order valence-electron chi connectivity index (χ4n) is 1.68. The fraction of sp³-hybridized carbons (Fsp3) is 0.500. The van der Waals surface area contributed by atoms with Crippen LogP contribution in [0.3, 0.4) is 0 Å². The number of nitrogens with one attached hydrogen (secondary N) is 3. The molecule has 116 valence electrons. The number of carbonyl (C=O) groups is 2. The molecular weight excluding hydrogens is 270 g/mol. The highest BCUT2D eigenvalue weighted by molar-refractivity contribution is 6.01. The highest BCUT2D eigenvalue weighted by atomic mass is 16.2. The van der Waals surface area contributed by atoms with Gasteiger partial charge >= 0.3 is 0 Å². The Hall–Kier alpha value is -2.15. The molecule has 7 nitrogen and oxygen atoms in total. The number of carbonyl (C=O) groups excluding carboxylic acids is 2. The molecule has 1 unspecified atom stereocenters. The molecule has 1 atom stereocenters. The first-order valence-electron chi connectivity index (χ1n) is 6.70. The lowest BCUT2D eigenvalue weighted by atomic mass is 10.1. The summed E-state index contributed by atoms with van der Waals surface area (Å²) in [6, 6.07) is 0.998. The first kappa shape index (κ1) is 16.9. The first-order chi connectivity index (χ1) is 9.64. The topological polar surface area (TPSA) is 109 Å². The Morgan fingerprint density at radius 2 is 1.95 bits per heavy atom. The third-order valence-corrected chi connectivity index (χ3v) is 2.68. The Kier molecular flexibility index (Phi) is 5.26. The number of hydrazine groups is 1. The minimum atomic E-state index is -0.663. The zero-order valence-electron chi connectivity index (χ0n) is 13.1. The summed E-state index contributed by atoms with van der Waals surface area (Å²) in [4.78, 5) is 28.2. The van der Waals surface area contributed by atoms with Crippen LogP contribution in [0, 0.1) is 6.92 Å². The number of rotatable bonds is 4. The van der Waals surface area contributed by atoms with Crippen molar-refractivity contribution in [1.82, 2.24) is 15.6 Å². The lowest BCUT2D eigenvalue weighted by Crippen LogP contribution is -2.50. The van der Waals surface area contributed by atoms with E-state index in [4.69, 9.17) is 5.84 Å². The van der Waals surface area contributed by atoms with E-state index in [9.17, 15) is 9.59 Å². The molecule has 21 heavy (non-hydrogen) atoms. The van der Waals surface area contributed by atoms with E-state index in [-0.39, 0.29) is 11.4 Å². The van der Waals surface area contributed by atoms with Gasteiger partial charge in [-0.05, 0) is 40.7 Å². The standard InChI is InChI=1S/C14H23N5O2/c1-8-6-11(19-15)10(7-16-8)13(21)17-9(2)12(20)18-14(3,4)5/h6-7,9H,15H2,1-5H3,(H,16,19)(H,17,21)(H,18,20). The molecule has 0 saturated heterocycles. The Bertz CT molecular complexity index is 537. The van der Waals surface area contributed by atoms with Gasteiger partial charge in [0.1, 0.15) is 6.04 Å². The second-order valence-electron chi connectivity index (χ2n) is 5.95. The molecule has 0 spiro atoms. The molecule has 0 saturated carbocycles. The first-order valence-corrected chi connectivity index (χ1v) is 6.70. The van der Waals surface area contributed by atoms with E-state index in [0.717, 1.165) is 5.69 Å². The molecule has 1 rings (SSSR count). The summed E-state index contributed by atoms with van der Waals surface area (Å²) >= 11 is 0. The summed E-state index contributed by atoms with van der Waals surface area (Å²) in [5, 5.41) is 5.43. The predicted octanol–water partition coefficient (Wildman–Crippen LogP) is 0.709. The van der Waals surface area contributed by atoms with Crippen LogP contribution in [0.5, 0.6) is 0 Å². The van der Waals surface area contributed by atoms with Crippen LogP contribution in [0.4, 0.5) is 5.69 Å². The number of aromatic nitrogens is 1. The van der Waals surface area contributed by atoms with Gasteiger partial charge in [0.15, 0.2) is 0 Å². The number of nitrogens with zero attached hydrogens (tertiary/aromatic N) is 1. The molecule has 0 aliphatic carbocycles. The molecule has 1 heterocycles. The summed E-state index contributed by atoms with van der Waals surface area (Å²) < 4.78 is 0. The number of amides is 2. The maximum absolute atomic E-state index is 12.2. The van der Waals surface area contributed by atoms with Crippen LogP contribution in [0.1, 0.15) is 43.7 Å². The van der Waals surface area contributed by atoms with Gasteiger partial charge < -0.3 is 16.1 Å². The van der Waals surface area contributed by atoms with E-state index < -0.39 is 11.9 Å². The third kappa shape index (κ3) is 5.03. The van der Waals surface area contributed by atoms with Crippen molar-refractivity contribution >= 4 is 17.5 Å². The molecular formula is C14H23N5O2. The minimum absolute atomic E-state index is 0.252. The average molecular weight is 293 g/mol. The molecule has 0 aliphatic heterocycles. The summed E-state index contributed by atoms with van der Waals surface area (Å²) in [5.74, 6) is 4.73. The zero-order valence-corrected chi connectivity index (χ0v) is 13.1. The maximum Gasteiger partial charge on any atom is 0.255 e. The van der Waals surface area contributed by atoms with E-state index in [0.29, 0.717) is 11.3 Å². The summed E-state index contributed by atoms with van der Waals surface area (Å²) in [5.41, 5.74) is 3.59. The SMILES string of the molecule is Cc1cc(NN)c(C(=O)NC(C)C(=O)NC(C)(C)C)cn1. The molecule has 0 fully saturated rings. The molecule has 2 amide bonds. The van der Waals surface area contributed by atoms with Crippen molar-refractivity contribution in [3.05, 3.63) is 23.5 Å². The van der Waals surface area contributed by atoms with Gasteiger partial charge in [0.2, 0.25) is 5.91 Å². The summed E-state index contributed by atoms with van der Waals surface area (Å²) in [7, 11) is 0. The molecule has 0 aromatic carbocycles. The number of nitrogen functional groups attached to an aromatic ring is 1. The van der Waals surface area contributed by atoms with Gasteiger partial charge in [0, 0.05) is 17.4 Å². The fourth-order valence-corrected chi connectivity index (χ4v) is 1.68. The van der Waals surface area contributed by atoms with E-state index >= 15 is 0 Å². The predicted molar refractivity (Wildman–Crippen MR) is 81.6 cm³/mol. The zero-order chi connectivity index (χ0) is 16.2. The van der Waals surface area contributed by atoms with Crippen molar-refractivity contribution in [2.75, 3.05) is 5.43 Å². The Morgan fingerprint density at radius 1 is 1.33 bits per heavy atom. The van der Waals surface area contributed by atoms with Crippen molar-refractivity contribution in [3.8, 4) is 0 Å². The van der Waals surface area contributed by atoms with Gasteiger partial charge in [-0.3, -0.25) is 20.4 Å². The van der Waals surface area contributed by atoms with Crippen molar-refractivity contribution in [1.29, 1.82) is 0 Å². The molecule has 1 aromatic rings. The summed E-state index contributed by atoms with van der Waals surface area (Å²) in [6.07, 6.45) is 1.42. The lowest BCUT2D eigenvalue weighted by molar-refractivity contribution is -0.124. The smallest absolute Gasteiger partial charge is 0.255 e. The van der Waals surface area contributed by atoms with E-state index in [1.807, 2.05) is 20.8 Å². The number of pyridine rings is 1. The maximum atomic E-state index is 12.2. The second kappa shape index (κ2) is 6.53. The Morgan fingerprint density at radius 3 is 2.48 bits per heavy atom. The van der Waals surface area contributed by atoms with Crippen LogP contribution in [-0.4, -0.2) is 28.4 Å². The molecule has 5 N–H and O–H groups in total. The number of hydrogen-bond acceptors (Lipinski definition) is 5. The normalized spacial score (nSPS) is 12.5. The van der Waals surface area contributed by atoms with E-state index in [1.54, 1.807) is 19.9 Å². The largest absolute Gasteiger partial charge is 0.350 e. The van der Waals surface area contributed by atoms with Crippen LogP contribution in [0.15, 0.2) is 12.3 Å². The average Bonchev–Trinajstić information content (AvgIpc) is 2.36. The van der Waals surface area contributed by atoms with Gasteiger partial charge in [-0.2, -0.15) is 0 Å². The van der Waals surface area contributed by atoms with Crippen LogP contribution in [-0.2, 0) is 4.79 Å². The number of hydrogen-bond donors (Lipinski definition) is 4. The number of anilines is 1. The second-order valence-corrected chi connectivity index (χ2v) is 5.95. The summed E-state index contributed by atoms with van der Waals surface area (Å²) in [6.45, 7) is 9.04. The molecule has 7 heteroatoms. The van der Waals surface area contributed by atoms with Gasteiger partial charge in [-0.1, -0.05) is 0 Å². The van der Waals surface area contributed by atoms with Crippen LogP contribution >= 0.6 is 0 Å². The van der Waals surface area contributed by atoms with Crippen molar-refractivity contribution in [2.24, 2.45) is 5.84 Å². The van der Waals surface area contributed by atoms with Crippen LogP contribution < -0.4 is 21.9 Å². The van der Waals surface area contributed by atoms with Crippen LogP contribution in [0.2, 0.25) is 0 Å². The highest BCUT2D eigenvalue weighted by Gasteiger charge is 2.22. The van der Waals surface area contributed by atoms with Crippen molar-refractivity contribution in [2.45, 2.75) is 46.2 Å². The minimum Gasteiger partial charge on any atom is -0.350 e. The van der Waals surface area contributed by atoms with E-state index in [2.05, 4.69) is 21.0 Å². The third-order valence-electron chi connectivity index (χ3n) is 2.68. The number of aryl methyl sites for hydroxylation is 1. The van der Waals surface area contributed by atoms with Gasteiger partial charge in [0.25, 0.3) is 5.91 Å². The van der Waals surface area contributed by atoms with Crippen molar-refractivity contribution < 1.29 is 9.59 Å². The van der Waals surface area contributed by atoms with Gasteiger partial charge in [0.05, 0.1) is 11.3 Å². The number of nitrogens with two attached hydrogens (primary N) is 1. The lowest BCUT2D eigenvalue weighted by Gasteiger charge is -2.23. The molecule has 0 bridgehead atoms. The van der Waals surface area contributed by atoms with Crippen molar-refractivity contribution in [3.63, 3.8) is 0 Å². The quantitative estimate of drug-likeness (QED) is 0.483. The van der Waals surface area contributed by atoms with Crippen LogP contribution in [0.25, 0.3) is 0 Å². The molecule has 0 radical (unpaired) electrons. The Balaban J connectivity index is 2.79. The van der Waals surface area contributed by atoms with Gasteiger partial charge in [-0.25, -0.2) is 0 Å².